The minimum atomic E-state index is -0.245. The highest BCUT2D eigenvalue weighted by molar-refractivity contribution is 6.03. The highest BCUT2D eigenvalue weighted by atomic mass is 16.2. The fourth-order valence-electron chi connectivity index (χ4n) is 3.99. The van der Waals surface area contributed by atoms with Crippen molar-refractivity contribution in [3.63, 3.8) is 0 Å². The van der Waals surface area contributed by atoms with E-state index in [1.807, 2.05) is 61.5 Å². The van der Waals surface area contributed by atoms with Gasteiger partial charge in [0.1, 0.15) is 0 Å². The van der Waals surface area contributed by atoms with E-state index in [0.717, 1.165) is 42.9 Å². The van der Waals surface area contributed by atoms with Gasteiger partial charge in [-0.1, -0.05) is 30.3 Å². The van der Waals surface area contributed by atoms with Crippen LogP contribution in [-0.4, -0.2) is 39.6 Å². The monoisotopic (exact) mass is 417 g/mol. The first-order chi connectivity index (χ1) is 15.0. The van der Waals surface area contributed by atoms with Crippen molar-refractivity contribution in [3.05, 3.63) is 77.6 Å². The summed E-state index contributed by atoms with van der Waals surface area (Å²) >= 11 is 0. The lowest BCUT2D eigenvalue weighted by molar-refractivity contribution is -0.123. The fourth-order valence-corrected chi connectivity index (χ4v) is 3.99. The van der Waals surface area contributed by atoms with Crippen molar-refractivity contribution in [2.24, 2.45) is 11.7 Å². The Labute approximate surface area is 181 Å². The van der Waals surface area contributed by atoms with Crippen LogP contribution in [0.3, 0.4) is 0 Å². The maximum absolute atomic E-state index is 12.7. The van der Waals surface area contributed by atoms with Gasteiger partial charge in [0.2, 0.25) is 5.91 Å². The van der Waals surface area contributed by atoms with Gasteiger partial charge in [0, 0.05) is 24.5 Å². The number of nitrogens with two attached hydrogens (primary N) is 1. The highest BCUT2D eigenvalue weighted by Crippen LogP contribution is 2.20. The summed E-state index contributed by atoms with van der Waals surface area (Å²) in [5.74, 6) is -0.523. The Morgan fingerprint density at radius 3 is 2.58 bits per heavy atom. The van der Waals surface area contributed by atoms with E-state index in [2.05, 4.69) is 15.3 Å². The molecule has 1 fully saturated rings. The molecule has 1 saturated heterocycles. The van der Waals surface area contributed by atoms with E-state index in [-0.39, 0.29) is 17.7 Å². The molecule has 0 aliphatic carbocycles. The summed E-state index contributed by atoms with van der Waals surface area (Å²) in [4.78, 5) is 26.4. The molecule has 7 heteroatoms. The summed E-state index contributed by atoms with van der Waals surface area (Å²) in [6.07, 6.45) is 1.85. The third kappa shape index (κ3) is 5.00. The van der Waals surface area contributed by atoms with Crippen LogP contribution in [0.2, 0.25) is 0 Å². The van der Waals surface area contributed by atoms with Crippen LogP contribution in [0.4, 0.5) is 5.69 Å². The van der Waals surface area contributed by atoms with Gasteiger partial charge in [-0.05, 0) is 62.2 Å². The number of aromatic nitrogens is 2. The van der Waals surface area contributed by atoms with Crippen LogP contribution in [0, 0.1) is 12.8 Å². The zero-order valence-corrected chi connectivity index (χ0v) is 17.6. The number of carbonyl (C=O) groups excluding carboxylic acids is 2. The van der Waals surface area contributed by atoms with Crippen molar-refractivity contribution in [2.45, 2.75) is 26.3 Å². The molecule has 1 aliphatic rings. The van der Waals surface area contributed by atoms with E-state index >= 15 is 0 Å². The molecular formula is C24H27N5O2. The summed E-state index contributed by atoms with van der Waals surface area (Å²) in [5, 5.41) is 7.37. The molecule has 1 atom stereocenters. The van der Waals surface area contributed by atoms with E-state index in [1.165, 1.54) is 0 Å². The van der Waals surface area contributed by atoms with Gasteiger partial charge >= 0.3 is 0 Å². The average molecular weight is 418 g/mol. The molecule has 3 N–H and O–H groups in total. The van der Waals surface area contributed by atoms with Crippen LogP contribution >= 0.6 is 0 Å². The number of rotatable bonds is 6. The van der Waals surface area contributed by atoms with E-state index in [9.17, 15) is 9.59 Å². The van der Waals surface area contributed by atoms with Crippen LogP contribution in [-0.2, 0) is 11.3 Å². The largest absolute Gasteiger partial charge is 0.369 e. The summed E-state index contributed by atoms with van der Waals surface area (Å²) in [7, 11) is 0. The standard InChI is InChI=1S/C24H27N5O2/c1-17-14-22(27-29(17)21-7-3-2-4-8-21)24(31)26-20-11-9-18(10-12-20)15-28-13-5-6-19(16-28)23(25)30/h2-4,7-12,14,19H,5-6,13,15-16H2,1H3,(H2,25,30)(H,26,31). The topological polar surface area (TPSA) is 93.2 Å². The lowest BCUT2D eigenvalue weighted by atomic mass is 9.97. The molecule has 1 aromatic heterocycles. The number of aryl methyl sites for hydroxylation is 1. The number of nitrogens with one attached hydrogen (secondary N) is 1. The Balaban J connectivity index is 1.38. The lowest BCUT2D eigenvalue weighted by Crippen LogP contribution is -2.40. The maximum atomic E-state index is 12.7. The molecule has 2 amide bonds. The second-order valence-corrected chi connectivity index (χ2v) is 8.05. The van der Waals surface area contributed by atoms with E-state index in [0.29, 0.717) is 17.9 Å². The van der Waals surface area contributed by atoms with Gasteiger partial charge in [0.05, 0.1) is 11.6 Å². The molecule has 1 aliphatic heterocycles. The first kappa shape index (κ1) is 20.8. The van der Waals surface area contributed by atoms with Gasteiger partial charge in [-0.25, -0.2) is 4.68 Å². The number of benzene rings is 2. The number of amides is 2. The van der Waals surface area contributed by atoms with Crippen molar-refractivity contribution in [1.29, 1.82) is 0 Å². The van der Waals surface area contributed by atoms with Crippen LogP contribution in [0.25, 0.3) is 5.69 Å². The molecule has 1 unspecified atom stereocenters. The molecule has 0 saturated carbocycles. The minimum Gasteiger partial charge on any atom is -0.369 e. The number of likely N-dealkylation sites (tertiary alicyclic amines) is 1. The second kappa shape index (κ2) is 9.14. The van der Waals surface area contributed by atoms with Crippen LogP contribution < -0.4 is 11.1 Å². The number of hydrogen-bond acceptors (Lipinski definition) is 4. The molecule has 0 radical (unpaired) electrons. The summed E-state index contributed by atoms with van der Waals surface area (Å²) < 4.78 is 1.76. The Hall–Kier alpha value is -3.45. The number of nitrogens with zero attached hydrogens (tertiary/aromatic N) is 3. The molecule has 4 rings (SSSR count). The third-order valence-corrected chi connectivity index (χ3v) is 5.65. The van der Waals surface area contributed by atoms with E-state index in [4.69, 9.17) is 5.73 Å². The number of para-hydroxylation sites is 1. The molecular weight excluding hydrogens is 390 g/mol. The predicted molar refractivity (Wildman–Crippen MR) is 120 cm³/mol. The summed E-state index contributed by atoms with van der Waals surface area (Å²) in [6, 6.07) is 19.3. The Morgan fingerprint density at radius 1 is 1.13 bits per heavy atom. The zero-order chi connectivity index (χ0) is 21.8. The highest BCUT2D eigenvalue weighted by Gasteiger charge is 2.23. The molecule has 31 heavy (non-hydrogen) atoms. The Bertz CT molecular complexity index is 1060. The first-order valence-corrected chi connectivity index (χ1v) is 10.5. The molecule has 0 bridgehead atoms. The Morgan fingerprint density at radius 2 is 1.87 bits per heavy atom. The second-order valence-electron chi connectivity index (χ2n) is 8.05. The number of hydrogen-bond donors (Lipinski definition) is 2. The van der Waals surface area contributed by atoms with E-state index in [1.54, 1.807) is 10.7 Å². The SMILES string of the molecule is Cc1cc(C(=O)Nc2ccc(CN3CCCC(C(N)=O)C3)cc2)nn1-c1ccccc1. The van der Waals surface area contributed by atoms with Crippen molar-refractivity contribution in [3.8, 4) is 5.69 Å². The predicted octanol–water partition coefficient (Wildman–Crippen LogP) is 3.13. The molecule has 7 nitrogen and oxygen atoms in total. The van der Waals surface area contributed by atoms with E-state index < -0.39 is 0 Å². The normalized spacial score (nSPS) is 16.7. The van der Waals surface area contributed by atoms with Crippen molar-refractivity contribution < 1.29 is 9.59 Å². The number of anilines is 1. The molecule has 160 valence electrons. The summed E-state index contributed by atoms with van der Waals surface area (Å²) in [6.45, 7) is 4.36. The van der Waals surface area contributed by atoms with Gasteiger partial charge in [0.25, 0.3) is 5.91 Å². The van der Waals surface area contributed by atoms with Gasteiger partial charge in [-0.2, -0.15) is 5.10 Å². The van der Waals surface area contributed by atoms with Gasteiger partial charge in [-0.15, -0.1) is 0 Å². The quantitative estimate of drug-likeness (QED) is 0.644. The third-order valence-electron chi connectivity index (χ3n) is 5.65. The van der Waals surface area contributed by atoms with Crippen molar-refractivity contribution >= 4 is 17.5 Å². The Kier molecular flexibility index (Phi) is 6.13. The molecule has 2 aromatic carbocycles. The zero-order valence-electron chi connectivity index (χ0n) is 17.6. The van der Waals surface area contributed by atoms with Gasteiger partial charge in [0.15, 0.2) is 5.69 Å². The fraction of sp³-hybridized carbons (Fsp3) is 0.292. The molecule has 0 spiro atoms. The van der Waals surface area contributed by atoms with Crippen molar-refractivity contribution in [1.82, 2.24) is 14.7 Å². The maximum Gasteiger partial charge on any atom is 0.276 e. The van der Waals surface area contributed by atoms with Crippen LogP contribution in [0.5, 0.6) is 0 Å². The van der Waals surface area contributed by atoms with Gasteiger partial charge in [-0.3, -0.25) is 14.5 Å². The lowest BCUT2D eigenvalue weighted by Gasteiger charge is -2.31. The number of primary amides is 1. The van der Waals surface area contributed by atoms with Gasteiger partial charge < -0.3 is 11.1 Å². The van der Waals surface area contributed by atoms with Crippen molar-refractivity contribution in [2.75, 3.05) is 18.4 Å². The number of piperidine rings is 1. The smallest absolute Gasteiger partial charge is 0.276 e. The van der Waals surface area contributed by atoms with Crippen LogP contribution in [0.1, 0.15) is 34.6 Å². The molecule has 3 aromatic rings. The van der Waals surface area contributed by atoms with Crippen LogP contribution in [0.15, 0.2) is 60.7 Å². The molecule has 2 heterocycles. The average Bonchev–Trinajstić information content (AvgIpc) is 3.18. The first-order valence-electron chi connectivity index (χ1n) is 10.5. The summed E-state index contributed by atoms with van der Waals surface area (Å²) in [5.41, 5.74) is 9.50. The number of carbonyl (C=O) groups is 2. The minimum absolute atomic E-state index is 0.0635.